The molecule has 3 aromatic carbocycles. The second-order valence-corrected chi connectivity index (χ2v) is 7.26. The van der Waals surface area contributed by atoms with Crippen molar-refractivity contribution in [3.63, 3.8) is 0 Å². The lowest BCUT2D eigenvalue weighted by Crippen LogP contribution is -2.45. The summed E-state index contributed by atoms with van der Waals surface area (Å²) in [6.07, 6.45) is 0. The van der Waals surface area contributed by atoms with Crippen LogP contribution < -0.4 is 15.4 Å². The van der Waals surface area contributed by atoms with Crippen molar-refractivity contribution in [2.24, 2.45) is 0 Å². The Bertz CT molecular complexity index is 1150. The standard InChI is InChI=1S/C25H24N2O4/c1-3-30-24(28)21-16(2)26-25(29)27-23(21)22-19-12-8-7-11-18(19)13-14-20(22)31-15-17-9-5-4-6-10-17/h4-14,23H,3,15H2,1-2H3,(H2,26,27,29). The summed E-state index contributed by atoms with van der Waals surface area (Å²) in [5.74, 6) is 0.129. The summed E-state index contributed by atoms with van der Waals surface area (Å²) in [5, 5.41) is 7.46. The summed E-state index contributed by atoms with van der Waals surface area (Å²) in [7, 11) is 0. The van der Waals surface area contributed by atoms with Gasteiger partial charge in [-0.25, -0.2) is 9.59 Å². The number of hydrogen-bond donors (Lipinski definition) is 2. The minimum Gasteiger partial charge on any atom is -0.489 e. The lowest BCUT2D eigenvalue weighted by Gasteiger charge is -2.30. The van der Waals surface area contributed by atoms with Crippen molar-refractivity contribution in [3.05, 3.63) is 89.1 Å². The molecule has 0 aliphatic carbocycles. The molecule has 4 rings (SSSR count). The maximum atomic E-state index is 12.8. The van der Waals surface area contributed by atoms with Crippen LogP contribution in [0.2, 0.25) is 0 Å². The van der Waals surface area contributed by atoms with Crippen LogP contribution in [0, 0.1) is 0 Å². The molecule has 2 amide bonds. The first-order valence-corrected chi connectivity index (χ1v) is 10.2. The van der Waals surface area contributed by atoms with Gasteiger partial charge in [0.15, 0.2) is 0 Å². The molecular formula is C25H24N2O4. The van der Waals surface area contributed by atoms with E-state index in [0.29, 0.717) is 23.6 Å². The normalized spacial score (nSPS) is 15.9. The largest absolute Gasteiger partial charge is 0.489 e. The number of nitrogens with one attached hydrogen (secondary N) is 2. The Morgan fingerprint density at radius 2 is 1.74 bits per heavy atom. The predicted molar refractivity (Wildman–Crippen MR) is 118 cm³/mol. The molecule has 0 fully saturated rings. The van der Waals surface area contributed by atoms with Crippen LogP contribution in [0.1, 0.15) is 31.0 Å². The SMILES string of the molecule is CCOC(=O)C1=C(C)NC(=O)NC1c1c(OCc2ccccc2)ccc2ccccc12. The van der Waals surface area contributed by atoms with Gasteiger partial charge in [-0.3, -0.25) is 0 Å². The lowest BCUT2D eigenvalue weighted by atomic mass is 9.90. The number of benzene rings is 3. The van der Waals surface area contributed by atoms with Crippen LogP contribution in [0.4, 0.5) is 4.79 Å². The second kappa shape index (κ2) is 8.92. The van der Waals surface area contributed by atoms with E-state index in [1.807, 2.05) is 66.7 Å². The number of hydrogen-bond acceptors (Lipinski definition) is 4. The zero-order valence-electron chi connectivity index (χ0n) is 17.5. The molecule has 2 N–H and O–H groups in total. The highest BCUT2D eigenvalue weighted by Crippen LogP contribution is 2.39. The molecule has 158 valence electrons. The third kappa shape index (κ3) is 4.23. The van der Waals surface area contributed by atoms with Gasteiger partial charge in [-0.05, 0) is 36.2 Å². The summed E-state index contributed by atoms with van der Waals surface area (Å²) in [4.78, 5) is 25.2. The molecule has 0 bridgehead atoms. The average molecular weight is 416 g/mol. The average Bonchev–Trinajstić information content (AvgIpc) is 2.77. The molecule has 6 nitrogen and oxygen atoms in total. The summed E-state index contributed by atoms with van der Waals surface area (Å²) < 4.78 is 11.5. The van der Waals surface area contributed by atoms with E-state index in [1.165, 1.54) is 0 Å². The maximum absolute atomic E-state index is 12.8. The quantitative estimate of drug-likeness (QED) is 0.576. The van der Waals surface area contributed by atoms with Crippen molar-refractivity contribution >= 4 is 22.8 Å². The number of amides is 2. The fourth-order valence-corrected chi connectivity index (χ4v) is 3.82. The Morgan fingerprint density at radius 1 is 1.00 bits per heavy atom. The van der Waals surface area contributed by atoms with Gasteiger partial charge in [-0.2, -0.15) is 0 Å². The van der Waals surface area contributed by atoms with E-state index in [1.54, 1.807) is 13.8 Å². The lowest BCUT2D eigenvalue weighted by molar-refractivity contribution is -0.139. The maximum Gasteiger partial charge on any atom is 0.338 e. The fourth-order valence-electron chi connectivity index (χ4n) is 3.82. The van der Waals surface area contributed by atoms with Gasteiger partial charge in [0.25, 0.3) is 0 Å². The Labute approximate surface area is 180 Å². The van der Waals surface area contributed by atoms with Crippen molar-refractivity contribution in [2.45, 2.75) is 26.5 Å². The first kappa shape index (κ1) is 20.5. The Hall–Kier alpha value is -3.80. The number of fused-ring (bicyclic) bond motifs is 1. The van der Waals surface area contributed by atoms with E-state index in [9.17, 15) is 9.59 Å². The molecule has 0 aromatic heterocycles. The van der Waals surface area contributed by atoms with Crippen LogP contribution >= 0.6 is 0 Å². The molecule has 0 saturated heterocycles. The van der Waals surface area contributed by atoms with E-state index in [-0.39, 0.29) is 12.6 Å². The Morgan fingerprint density at radius 3 is 2.52 bits per heavy atom. The number of ether oxygens (including phenoxy) is 2. The van der Waals surface area contributed by atoms with Crippen molar-refractivity contribution < 1.29 is 19.1 Å². The van der Waals surface area contributed by atoms with Gasteiger partial charge in [0.05, 0.1) is 18.2 Å². The molecule has 3 aromatic rings. The monoisotopic (exact) mass is 416 g/mol. The third-order valence-corrected chi connectivity index (χ3v) is 5.22. The van der Waals surface area contributed by atoms with Gasteiger partial charge in [0, 0.05) is 11.3 Å². The smallest absolute Gasteiger partial charge is 0.338 e. The minimum absolute atomic E-state index is 0.239. The molecule has 1 atom stereocenters. The summed E-state index contributed by atoms with van der Waals surface area (Å²) in [5.41, 5.74) is 2.58. The number of rotatable bonds is 6. The highest BCUT2D eigenvalue weighted by atomic mass is 16.5. The molecule has 0 radical (unpaired) electrons. The van der Waals surface area contributed by atoms with Gasteiger partial charge in [0.2, 0.25) is 0 Å². The van der Waals surface area contributed by atoms with Crippen LogP contribution in [-0.2, 0) is 16.1 Å². The number of carbonyl (C=O) groups is 2. The zero-order valence-corrected chi connectivity index (χ0v) is 17.5. The van der Waals surface area contributed by atoms with Crippen molar-refractivity contribution in [3.8, 4) is 5.75 Å². The highest BCUT2D eigenvalue weighted by Gasteiger charge is 2.35. The van der Waals surface area contributed by atoms with Crippen LogP contribution in [-0.4, -0.2) is 18.6 Å². The van der Waals surface area contributed by atoms with Gasteiger partial charge in [-0.1, -0.05) is 60.7 Å². The van der Waals surface area contributed by atoms with E-state index < -0.39 is 12.0 Å². The molecule has 1 heterocycles. The topological polar surface area (TPSA) is 76.7 Å². The van der Waals surface area contributed by atoms with E-state index >= 15 is 0 Å². The van der Waals surface area contributed by atoms with Crippen molar-refractivity contribution in [2.75, 3.05) is 6.61 Å². The Kier molecular flexibility index (Phi) is 5.89. The van der Waals surface area contributed by atoms with Gasteiger partial charge >= 0.3 is 12.0 Å². The molecular weight excluding hydrogens is 392 g/mol. The predicted octanol–water partition coefficient (Wildman–Crippen LogP) is 4.61. The number of esters is 1. The molecule has 1 unspecified atom stereocenters. The third-order valence-electron chi connectivity index (χ3n) is 5.22. The number of allylic oxidation sites excluding steroid dienone is 1. The fraction of sp³-hybridized carbons (Fsp3) is 0.200. The highest BCUT2D eigenvalue weighted by molar-refractivity contribution is 5.98. The van der Waals surface area contributed by atoms with Crippen LogP contribution in [0.25, 0.3) is 10.8 Å². The summed E-state index contributed by atoms with van der Waals surface area (Å²) in [6.45, 7) is 4.06. The van der Waals surface area contributed by atoms with E-state index in [2.05, 4.69) is 10.6 Å². The van der Waals surface area contributed by atoms with Crippen LogP contribution in [0.5, 0.6) is 5.75 Å². The Balaban J connectivity index is 1.84. The molecule has 31 heavy (non-hydrogen) atoms. The van der Waals surface area contributed by atoms with Gasteiger partial charge in [0.1, 0.15) is 12.4 Å². The second-order valence-electron chi connectivity index (χ2n) is 7.26. The first-order valence-electron chi connectivity index (χ1n) is 10.2. The molecule has 1 aliphatic heterocycles. The van der Waals surface area contributed by atoms with Gasteiger partial charge in [-0.15, -0.1) is 0 Å². The molecule has 1 aliphatic rings. The van der Waals surface area contributed by atoms with Crippen molar-refractivity contribution in [1.82, 2.24) is 10.6 Å². The van der Waals surface area contributed by atoms with E-state index in [4.69, 9.17) is 9.47 Å². The minimum atomic E-state index is -0.704. The number of urea groups is 1. The zero-order chi connectivity index (χ0) is 21.8. The molecule has 0 saturated carbocycles. The van der Waals surface area contributed by atoms with E-state index in [0.717, 1.165) is 21.9 Å². The first-order chi connectivity index (χ1) is 15.1. The van der Waals surface area contributed by atoms with Crippen molar-refractivity contribution in [1.29, 1.82) is 0 Å². The number of carbonyl (C=O) groups excluding carboxylic acids is 2. The summed E-state index contributed by atoms with van der Waals surface area (Å²) in [6, 6.07) is 20.4. The molecule has 0 spiro atoms. The van der Waals surface area contributed by atoms with Crippen LogP contribution in [0.15, 0.2) is 78.0 Å². The summed E-state index contributed by atoms with van der Waals surface area (Å²) >= 11 is 0. The van der Waals surface area contributed by atoms with Gasteiger partial charge < -0.3 is 20.1 Å². The molecule has 6 heteroatoms. The van der Waals surface area contributed by atoms with Crippen LogP contribution in [0.3, 0.4) is 0 Å².